The lowest BCUT2D eigenvalue weighted by Crippen LogP contribution is -2.13. The highest BCUT2D eigenvalue weighted by Crippen LogP contribution is 2.04. The van der Waals surface area contributed by atoms with Gasteiger partial charge in [0, 0.05) is 17.6 Å². The maximum absolute atomic E-state index is 4.03. The van der Waals surface area contributed by atoms with E-state index in [1.54, 1.807) is 11.3 Å². The maximum Gasteiger partial charge on any atom is 0.0794 e. The number of rotatable bonds is 7. The fourth-order valence-electron chi connectivity index (χ4n) is 1.22. The highest BCUT2D eigenvalue weighted by atomic mass is 32.1. The summed E-state index contributed by atoms with van der Waals surface area (Å²) in [6.45, 7) is 4.36. The predicted octanol–water partition coefficient (Wildman–Crippen LogP) is 2.81. The average molecular weight is 198 g/mol. The number of thiazole rings is 1. The molecule has 1 aromatic rings. The van der Waals surface area contributed by atoms with Gasteiger partial charge >= 0.3 is 0 Å². The van der Waals surface area contributed by atoms with Crippen LogP contribution >= 0.6 is 11.3 Å². The van der Waals surface area contributed by atoms with Crippen LogP contribution in [0.2, 0.25) is 0 Å². The Morgan fingerprint density at radius 1 is 1.38 bits per heavy atom. The van der Waals surface area contributed by atoms with Crippen LogP contribution in [0.1, 0.15) is 37.5 Å². The highest BCUT2D eigenvalue weighted by Gasteiger charge is 1.92. The molecule has 3 heteroatoms. The first kappa shape index (κ1) is 10.7. The summed E-state index contributed by atoms with van der Waals surface area (Å²) in [5, 5.41) is 3.42. The van der Waals surface area contributed by atoms with Crippen molar-refractivity contribution in [2.75, 3.05) is 6.54 Å². The summed E-state index contributed by atoms with van der Waals surface area (Å²) in [7, 11) is 0. The molecule has 0 saturated heterocycles. The molecule has 0 aliphatic carbocycles. The molecule has 0 unspecified atom stereocenters. The maximum atomic E-state index is 4.03. The molecular weight excluding hydrogens is 180 g/mol. The third kappa shape index (κ3) is 5.01. The topological polar surface area (TPSA) is 24.9 Å². The largest absolute Gasteiger partial charge is 0.312 e. The van der Waals surface area contributed by atoms with Gasteiger partial charge in [0.25, 0.3) is 0 Å². The molecule has 1 N–H and O–H groups in total. The first-order chi connectivity index (χ1) is 6.43. The molecule has 0 fully saturated rings. The van der Waals surface area contributed by atoms with Gasteiger partial charge in [0.05, 0.1) is 5.51 Å². The molecule has 0 aliphatic heterocycles. The zero-order chi connectivity index (χ0) is 9.36. The second-order valence-electron chi connectivity index (χ2n) is 3.21. The zero-order valence-corrected chi connectivity index (χ0v) is 9.07. The molecule has 0 bridgehead atoms. The molecule has 0 radical (unpaired) electrons. The van der Waals surface area contributed by atoms with E-state index >= 15 is 0 Å². The molecule has 0 aliphatic rings. The number of hydrogen-bond acceptors (Lipinski definition) is 3. The van der Waals surface area contributed by atoms with Gasteiger partial charge in [-0.05, 0) is 13.0 Å². The normalized spacial score (nSPS) is 10.5. The van der Waals surface area contributed by atoms with Gasteiger partial charge in [-0.15, -0.1) is 11.3 Å². The van der Waals surface area contributed by atoms with E-state index in [9.17, 15) is 0 Å². The third-order valence-electron chi connectivity index (χ3n) is 1.99. The van der Waals surface area contributed by atoms with E-state index in [4.69, 9.17) is 0 Å². The first-order valence-electron chi connectivity index (χ1n) is 5.01. The van der Waals surface area contributed by atoms with Crippen LogP contribution in [0.15, 0.2) is 11.7 Å². The van der Waals surface area contributed by atoms with Crippen molar-refractivity contribution in [3.63, 3.8) is 0 Å². The number of unbranched alkanes of at least 4 members (excludes halogenated alkanes) is 3. The quantitative estimate of drug-likeness (QED) is 0.681. The van der Waals surface area contributed by atoms with Crippen LogP contribution in [0.25, 0.3) is 0 Å². The Balaban J connectivity index is 1.90. The standard InChI is InChI=1S/C10H18N2S/c1-2-3-4-5-6-11-7-10-8-12-9-13-10/h8-9,11H,2-7H2,1H3. The third-order valence-corrected chi connectivity index (χ3v) is 2.77. The molecule has 0 saturated carbocycles. The van der Waals surface area contributed by atoms with Crippen molar-refractivity contribution < 1.29 is 0 Å². The van der Waals surface area contributed by atoms with Gasteiger partial charge in [-0.2, -0.15) is 0 Å². The molecule has 1 rings (SSSR count). The van der Waals surface area contributed by atoms with Gasteiger partial charge < -0.3 is 5.32 Å². The molecule has 74 valence electrons. The van der Waals surface area contributed by atoms with E-state index in [0.29, 0.717) is 0 Å². The zero-order valence-electron chi connectivity index (χ0n) is 8.25. The molecule has 0 aromatic carbocycles. The van der Waals surface area contributed by atoms with Crippen LogP contribution in [0.4, 0.5) is 0 Å². The molecule has 13 heavy (non-hydrogen) atoms. The molecule has 0 atom stereocenters. The van der Waals surface area contributed by atoms with Crippen LogP contribution in [-0.4, -0.2) is 11.5 Å². The van der Waals surface area contributed by atoms with Gasteiger partial charge in [-0.1, -0.05) is 26.2 Å². The Hall–Kier alpha value is -0.410. The predicted molar refractivity (Wildman–Crippen MR) is 58.0 cm³/mol. The summed E-state index contributed by atoms with van der Waals surface area (Å²) in [5.41, 5.74) is 1.88. The summed E-state index contributed by atoms with van der Waals surface area (Å²) in [6.07, 6.45) is 7.26. The van der Waals surface area contributed by atoms with Crippen molar-refractivity contribution in [3.8, 4) is 0 Å². The number of hydrogen-bond donors (Lipinski definition) is 1. The monoisotopic (exact) mass is 198 g/mol. The first-order valence-corrected chi connectivity index (χ1v) is 5.89. The summed E-state index contributed by atoms with van der Waals surface area (Å²) >= 11 is 1.72. The van der Waals surface area contributed by atoms with E-state index in [1.165, 1.54) is 30.6 Å². The van der Waals surface area contributed by atoms with Gasteiger partial charge in [0.15, 0.2) is 0 Å². The Morgan fingerprint density at radius 3 is 3.00 bits per heavy atom. The van der Waals surface area contributed by atoms with Crippen LogP contribution < -0.4 is 5.32 Å². The molecule has 0 spiro atoms. The van der Waals surface area contributed by atoms with E-state index in [2.05, 4.69) is 17.2 Å². The van der Waals surface area contributed by atoms with Crippen LogP contribution in [0.5, 0.6) is 0 Å². The second-order valence-corrected chi connectivity index (χ2v) is 4.18. The van der Waals surface area contributed by atoms with Crippen molar-refractivity contribution in [2.24, 2.45) is 0 Å². The van der Waals surface area contributed by atoms with E-state index in [0.717, 1.165) is 13.1 Å². The SMILES string of the molecule is CCCCCCNCc1cncs1. The Kier molecular flexibility index (Phi) is 5.78. The van der Waals surface area contributed by atoms with Gasteiger partial charge in [-0.3, -0.25) is 4.98 Å². The van der Waals surface area contributed by atoms with Crippen LogP contribution in [0, 0.1) is 0 Å². The molecular formula is C10H18N2S. The lowest BCUT2D eigenvalue weighted by Gasteiger charge is -2.01. The van der Waals surface area contributed by atoms with Gasteiger partial charge in [0.1, 0.15) is 0 Å². The van der Waals surface area contributed by atoms with Crippen molar-refractivity contribution in [2.45, 2.75) is 39.2 Å². The minimum absolute atomic E-state index is 0.983. The highest BCUT2D eigenvalue weighted by molar-refractivity contribution is 7.09. The van der Waals surface area contributed by atoms with Crippen LogP contribution in [0.3, 0.4) is 0 Å². The summed E-state index contributed by atoms with van der Waals surface area (Å²) < 4.78 is 0. The minimum atomic E-state index is 0.983. The number of nitrogens with one attached hydrogen (secondary N) is 1. The van der Waals surface area contributed by atoms with Gasteiger partial charge in [-0.25, -0.2) is 0 Å². The smallest absolute Gasteiger partial charge is 0.0794 e. The summed E-state index contributed by atoms with van der Waals surface area (Å²) in [5.74, 6) is 0. The summed E-state index contributed by atoms with van der Waals surface area (Å²) in [4.78, 5) is 5.36. The van der Waals surface area contributed by atoms with Gasteiger partial charge in [0.2, 0.25) is 0 Å². The minimum Gasteiger partial charge on any atom is -0.312 e. The fraction of sp³-hybridized carbons (Fsp3) is 0.700. The summed E-state index contributed by atoms with van der Waals surface area (Å²) in [6, 6.07) is 0. The second kappa shape index (κ2) is 7.04. The molecule has 1 aromatic heterocycles. The molecule has 1 heterocycles. The van der Waals surface area contributed by atoms with E-state index in [-0.39, 0.29) is 0 Å². The number of aromatic nitrogens is 1. The van der Waals surface area contributed by atoms with Crippen molar-refractivity contribution in [1.29, 1.82) is 0 Å². The van der Waals surface area contributed by atoms with Crippen molar-refractivity contribution in [1.82, 2.24) is 10.3 Å². The Morgan fingerprint density at radius 2 is 2.31 bits per heavy atom. The molecule has 2 nitrogen and oxygen atoms in total. The lowest BCUT2D eigenvalue weighted by atomic mass is 10.2. The lowest BCUT2D eigenvalue weighted by molar-refractivity contribution is 0.600. The number of nitrogens with zero attached hydrogens (tertiary/aromatic N) is 1. The van der Waals surface area contributed by atoms with E-state index < -0.39 is 0 Å². The van der Waals surface area contributed by atoms with E-state index in [1.807, 2.05) is 11.7 Å². The Bertz CT molecular complexity index is 197. The Labute approximate surface area is 84.4 Å². The average Bonchev–Trinajstić information content (AvgIpc) is 2.63. The molecule has 0 amide bonds. The van der Waals surface area contributed by atoms with Crippen LogP contribution in [-0.2, 0) is 6.54 Å². The fourth-order valence-corrected chi connectivity index (χ4v) is 1.78. The van der Waals surface area contributed by atoms with Crippen molar-refractivity contribution >= 4 is 11.3 Å². The van der Waals surface area contributed by atoms with Crippen molar-refractivity contribution in [3.05, 3.63) is 16.6 Å².